The van der Waals surface area contributed by atoms with Crippen molar-refractivity contribution in [3.05, 3.63) is 84.4 Å². The summed E-state index contributed by atoms with van der Waals surface area (Å²) in [7, 11) is 0. The number of nitrogens with zero attached hydrogens (tertiary/aromatic N) is 2. The molecule has 0 spiro atoms. The number of halogens is 3. The topological polar surface area (TPSA) is 85.9 Å². The second-order valence-corrected chi connectivity index (χ2v) is 10.2. The lowest BCUT2D eigenvalue weighted by Gasteiger charge is -2.11. The van der Waals surface area contributed by atoms with E-state index in [1.807, 2.05) is 6.07 Å². The van der Waals surface area contributed by atoms with E-state index in [1.54, 1.807) is 24.3 Å². The normalized spacial score (nSPS) is 12.9. The van der Waals surface area contributed by atoms with Crippen molar-refractivity contribution in [3.63, 3.8) is 0 Å². The van der Waals surface area contributed by atoms with Crippen molar-refractivity contribution < 1.29 is 13.9 Å². The zero-order valence-electron chi connectivity index (χ0n) is 18.3. The molecule has 1 aromatic heterocycles. The molecule has 0 aliphatic heterocycles. The van der Waals surface area contributed by atoms with E-state index in [9.17, 15) is 19.7 Å². The standard InChI is InChI=1S/C26H18BrClFN3O2S/c27-21-10-16(11-22(28)24(21)34-14-15-5-7-18(29)8-6-15)9-17(12-30)25(33)32-26-20(13-31)19-3-1-2-4-23(19)35-26/h5-11H,1-4,14H2,(H,32,33)/b17-9+. The predicted octanol–water partition coefficient (Wildman–Crippen LogP) is 7.18. The van der Waals surface area contributed by atoms with Gasteiger partial charge in [-0.05, 0) is 88.6 Å². The van der Waals surface area contributed by atoms with Crippen molar-refractivity contribution in [1.29, 1.82) is 10.5 Å². The van der Waals surface area contributed by atoms with Gasteiger partial charge in [0, 0.05) is 4.88 Å². The molecular weight excluding hydrogens is 553 g/mol. The largest absolute Gasteiger partial charge is 0.486 e. The zero-order chi connectivity index (χ0) is 24.9. The Morgan fingerprint density at radius 1 is 1.23 bits per heavy atom. The van der Waals surface area contributed by atoms with Crippen LogP contribution in [0.1, 0.15) is 40.0 Å². The number of fused-ring (bicyclic) bond motifs is 1. The third-order valence-corrected chi connectivity index (χ3v) is 7.58. The Morgan fingerprint density at radius 3 is 2.66 bits per heavy atom. The number of hydrogen-bond donors (Lipinski definition) is 1. The predicted molar refractivity (Wildman–Crippen MR) is 138 cm³/mol. The van der Waals surface area contributed by atoms with Crippen molar-refractivity contribution in [2.75, 3.05) is 5.32 Å². The van der Waals surface area contributed by atoms with Crippen molar-refractivity contribution in [1.82, 2.24) is 0 Å². The van der Waals surface area contributed by atoms with Crippen LogP contribution in [0.5, 0.6) is 5.75 Å². The Morgan fingerprint density at radius 2 is 1.97 bits per heavy atom. The first-order valence-electron chi connectivity index (χ1n) is 10.7. The van der Waals surface area contributed by atoms with E-state index in [0.717, 1.165) is 41.7 Å². The average Bonchev–Trinajstić information content (AvgIpc) is 3.19. The molecule has 5 nitrogen and oxygen atoms in total. The number of ether oxygens (including phenoxy) is 1. The molecule has 0 bridgehead atoms. The molecular formula is C26H18BrClFN3O2S. The summed E-state index contributed by atoms with van der Waals surface area (Å²) in [5, 5.41) is 22.7. The molecule has 1 heterocycles. The lowest BCUT2D eigenvalue weighted by Crippen LogP contribution is -2.13. The van der Waals surface area contributed by atoms with Crippen LogP contribution in [0.25, 0.3) is 6.08 Å². The second kappa shape index (κ2) is 11.0. The SMILES string of the molecule is N#C/C(=C\c1cc(Cl)c(OCc2ccc(F)cc2)c(Br)c1)C(=O)Nc1sc2c(c1C#N)CCCC2. The maximum Gasteiger partial charge on any atom is 0.266 e. The van der Waals surface area contributed by atoms with Gasteiger partial charge in [-0.3, -0.25) is 4.79 Å². The van der Waals surface area contributed by atoms with E-state index in [2.05, 4.69) is 27.3 Å². The third-order valence-electron chi connectivity index (χ3n) is 5.50. The summed E-state index contributed by atoms with van der Waals surface area (Å²) in [4.78, 5) is 14.0. The fourth-order valence-corrected chi connectivity index (χ4v) is 6.02. The van der Waals surface area contributed by atoms with Gasteiger partial charge < -0.3 is 10.1 Å². The molecule has 1 aliphatic carbocycles. The molecule has 3 aromatic rings. The summed E-state index contributed by atoms with van der Waals surface area (Å²) >= 11 is 11.2. The number of carbonyl (C=O) groups excluding carboxylic acids is 1. The van der Waals surface area contributed by atoms with E-state index in [4.69, 9.17) is 16.3 Å². The van der Waals surface area contributed by atoms with Crippen LogP contribution in [-0.2, 0) is 24.2 Å². The number of hydrogen-bond acceptors (Lipinski definition) is 5. The van der Waals surface area contributed by atoms with Gasteiger partial charge in [0.15, 0.2) is 5.75 Å². The molecule has 4 rings (SSSR count). The lowest BCUT2D eigenvalue weighted by atomic mass is 9.96. The van der Waals surface area contributed by atoms with Gasteiger partial charge in [0.05, 0.1) is 15.1 Å². The molecule has 0 saturated carbocycles. The summed E-state index contributed by atoms with van der Waals surface area (Å²) in [5.74, 6) is -0.533. The van der Waals surface area contributed by atoms with Crippen molar-refractivity contribution in [3.8, 4) is 17.9 Å². The van der Waals surface area contributed by atoms with Gasteiger partial charge in [0.2, 0.25) is 0 Å². The maximum atomic E-state index is 13.1. The van der Waals surface area contributed by atoms with Crippen LogP contribution < -0.4 is 10.1 Å². The van der Waals surface area contributed by atoms with E-state index >= 15 is 0 Å². The highest BCUT2D eigenvalue weighted by atomic mass is 79.9. The van der Waals surface area contributed by atoms with Gasteiger partial charge in [-0.15, -0.1) is 11.3 Å². The maximum absolute atomic E-state index is 13.1. The zero-order valence-corrected chi connectivity index (χ0v) is 21.5. The van der Waals surface area contributed by atoms with E-state index in [-0.39, 0.29) is 23.0 Å². The molecule has 0 unspecified atom stereocenters. The Bertz CT molecular complexity index is 1380. The Labute approximate surface area is 219 Å². The minimum absolute atomic E-state index is 0.122. The van der Waals surface area contributed by atoms with Gasteiger partial charge >= 0.3 is 0 Å². The number of nitrogens with one attached hydrogen (secondary N) is 1. The van der Waals surface area contributed by atoms with Crippen LogP contribution in [-0.4, -0.2) is 5.91 Å². The average molecular weight is 571 g/mol. The number of nitriles is 2. The quantitative estimate of drug-likeness (QED) is 0.251. The molecule has 0 fully saturated rings. The number of aryl methyl sites for hydroxylation is 1. The monoisotopic (exact) mass is 569 g/mol. The van der Waals surface area contributed by atoms with Gasteiger partial charge in [-0.25, -0.2) is 4.39 Å². The number of anilines is 1. The molecule has 1 N–H and O–H groups in total. The van der Waals surface area contributed by atoms with Crippen molar-refractivity contribution >= 4 is 55.9 Å². The molecule has 1 aliphatic rings. The van der Waals surface area contributed by atoms with E-state index in [1.165, 1.54) is 29.5 Å². The molecule has 2 aromatic carbocycles. The Hall–Kier alpha value is -3.17. The van der Waals surface area contributed by atoms with Crippen LogP contribution in [0, 0.1) is 28.5 Å². The smallest absolute Gasteiger partial charge is 0.266 e. The van der Waals surface area contributed by atoms with E-state index in [0.29, 0.717) is 26.4 Å². The highest BCUT2D eigenvalue weighted by Crippen LogP contribution is 2.38. The van der Waals surface area contributed by atoms with Crippen molar-refractivity contribution in [2.45, 2.75) is 32.3 Å². The molecule has 9 heteroatoms. The molecule has 35 heavy (non-hydrogen) atoms. The van der Waals surface area contributed by atoms with Crippen LogP contribution in [0.3, 0.4) is 0 Å². The Balaban J connectivity index is 1.52. The Kier molecular flexibility index (Phi) is 7.87. The number of thiophene rings is 1. The first-order chi connectivity index (χ1) is 16.9. The molecule has 0 radical (unpaired) electrons. The fourth-order valence-electron chi connectivity index (χ4n) is 3.79. The summed E-state index contributed by atoms with van der Waals surface area (Å²) in [6, 6.07) is 13.3. The van der Waals surface area contributed by atoms with E-state index < -0.39 is 5.91 Å². The number of rotatable bonds is 6. The minimum atomic E-state index is -0.591. The van der Waals surface area contributed by atoms with Crippen LogP contribution >= 0.6 is 38.9 Å². The fraction of sp³-hybridized carbons (Fsp3) is 0.192. The van der Waals surface area contributed by atoms with Gasteiger partial charge in [0.1, 0.15) is 35.1 Å². The number of amides is 1. The molecule has 0 saturated heterocycles. The highest BCUT2D eigenvalue weighted by Gasteiger charge is 2.23. The summed E-state index contributed by atoms with van der Waals surface area (Å²) in [6.07, 6.45) is 5.24. The van der Waals surface area contributed by atoms with Gasteiger partial charge in [-0.2, -0.15) is 10.5 Å². The van der Waals surface area contributed by atoms with Gasteiger partial charge in [-0.1, -0.05) is 23.7 Å². The third kappa shape index (κ3) is 5.74. The minimum Gasteiger partial charge on any atom is -0.486 e. The molecule has 176 valence electrons. The summed E-state index contributed by atoms with van der Waals surface area (Å²) in [6.45, 7) is 0.186. The number of carbonyl (C=O) groups is 1. The lowest BCUT2D eigenvalue weighted by molar-refractivity contribution is -0.112. The van der Waals surface area contributed by atoms with Crippen LogP contribution in [0.15, 0.2) is 46.4 Å². The summed E-state index contributed by atoms with van der Waals surface area (Å²) < 4.78 is 19.4. The first-order valence-corrected chi connectivity index (χ1v) is 12.7. The molecule has 0 atom stereocenters. The van der Waals surface area contributed by atoms with Crippen LogP contribution in [0.4, 0.5) is 9.39 Å². The van der Waals surface area contributed by atoms with Gasteiger partial charge in [0.25, 0.3) is 5.91 Å². The van der Waals surface area contributed by atoms with Crippen LogP contribution in [0.2, 0.25) is 5.02 Å². The first kappa shape index (κ1) is 24.9. The molecule has 1 amide bonds. The second-order valence-electron chi connectivity index (χ2n) is 7.88. The number of benzene rings is 2. The highest BCUT2D eigenvalue weighted by molar-refractivity contribution is 9.10. The summed E-state index contributed by atoms with van der Waals surface area (Å²) in [5.41, 5.74) is 2.67. The van der Waals surface area contributed by atoms with Crippen molar-refractivity contribution in [2.24, 2.45) is 0 Å².